The highest BCUT2D eigenvalue weighted by Gasteiger charge is 2.06. The van der Waals surface area contributed by atoms with Gasteiger partial charge < -0.3 is 5.32 Å². The molecule has 0 fully saturated rings. The molecule has 0 saturated carbocycles. The van der Waals surface area contributed by atoms with Gasteiger partial charge in [-0.25, -0.2) is 4.98 Å². The van der Waals surface area contributed by atoms with Crippen molar-refractivity contribution in [3.05, 3.63) is 54.2 Å². The Bertz CT molecular complexity index is 637. The van der Waals surface area contributed by atoms with Gasteiger partial charge in [0.2, 0.25) is 5.91 Å². The fourth-order valence-corrected chi connectivity index (χ4v) is 2.55. The second kappa shape index (κ2) is 8.08. The highest BCUT2D eigenvalue weighted by molar-refractivity contribution is 7.99. The molecule has 2 rings (SSSR count). The van der Waals surface area contributed by atoms with E-state index in [0.29, 0.717) is 17.7 Å². The van der Waals surface area contributed by atoms with Crippen LogP contribution >= 0.6 is 11.8 Å². The van der Waals surface area contributed by atoms with Crippen molar-refractivity contribution in [1.29, 1.82) is 5.26 Å². The highest BCUT2D eigenvalue weighted by Crippen LogP contribution is 2.17. The zero-order valence-corrected chi connectivity index (χ0v) is 12.3. The van der Waals surface area contributed by atoms with Crippen LogP contribution in [-0.4, -0.2) is 16.6 Å². The molecule has 0 radical (unpaired) electrons. The average molecular weight is 297 g/mol. The van der Waals surface area contributed by atoms with Gasteiger partial charge in [0.25, 0.3) is 0 Å². The SMILES string of the molecule is N#Cc1ccccc1NC(=O)CCCSc1ccccn1. The number of pyridine rings is 1. The minimum absolute atomic E-state index is 0.0701. The summed E-state index contributed by atoms with van der Waals surface area (Å²) in [7, 11) is 0. The van der Waals surface area contributed by atoms with Gasteiger partial charge in [-0.1, -0.05) is 18.2 Å². The molecule has 5 heteroatoms. The molecule has 0 aliphatic heterocycles. The highest BCUT2D eigenvalue weighted by atomic mass is 32.2. The van der Waals surface area contributed by atoms with Gasteiger partial charge in [0, 0.05) is 12.6 Å². The molecule has 0 saturated heterocycles. The van der Waals surface area contributed by atoms with Crippen LogP contribution in [-0.2, 0) is 4.79 Å². The third kappa shape index (κ3) is 4.93. The molecule has 1 heterocycles. The summed E-state index contributed by atoms with van der Waals surface area (Å²) < 4.78 is 0. The van der Waals surface area contributed by atoms with Crippen molar-refractivity contribution in [1.82, 2.24) is 4.98 Å². The van der Waals surface area contributed by atoms with Gasteiger partial charge in [-0.05, 0) is 36.4 Å². The molecule has 0 atom stereocenters. The summed E-state index contributed by atoms with van der Waals surface area (Å²) in [4.78, 5) is 16.1. The molecule has 1 aromatic carbocycles. The van der Waals surface area contributed by atoms with E-state index in [-0.39, 0.29) is 5.91 Å². The Hall–Kier alpha value is -2.32. The molecule has 2 aromatic rings. The van der Waals surface area contributed by atoms with Gasteiger partial charge in [-0.15, -0.1) is 11.8 Å². The number of benzene rings is 1. The maximum atomic E-state index is 11.8. The third-order valence-electron chi connectivity index (χ3n) is 2.76. The molecule has 1 amide bonds. The van der Waals surface area contributed by atoms with Crippen molar-refractivity contribution in [3.8, 4) is 6.07 Å². The van der Waals surface area contributed by atoms with E-state index in [0.717, 1.165) is 17.2 Å². The standard InChI is InChI=1S/C16H15N3OS/c17-12-13-6-1-2-7-14(13)19-15(20)8-5-11-21-16-9-3-4-10-18-16/h1-4,6-7,9-10H,5,8,11H2,(H,19,20). The zero-order valence-electron chi connectivity index (χ0n) is 11.5. The molecular weight excluding hydrogens is 282 g/mol. The largest absolute Gasteiger partial charge is 0.325 e. The predicted octanol–water partition coefficient (Wildman–Crippen LogP) is 3.46. The lowest BCUT2D eigenvalue weighted by Gasteiger charge is -2.06. The Morgan fingerprint density at radius 3 is 2.81 bits per heavy atom. The van der Waals surface area contributed by atoms with E-state index in [1.165, 1.54) is 0 Å². The molecule has 21 heavy (non-hydrogen) atoms. The Labute approximate surface area is 128 Å². The smallest absolute Gasteiger partial charge is 0.224 e. The first-order valence-corrected chi connectivity index (χ1v) is 7.61. The Balaban J connectivity index is 1.74. The maximum absolute atomic E-state index is 11.8. The number of amides is 1. The second-order valence-electron chi connectivity index (χ2n) is 4.33. The van der Waals surface area contributed by atoms with Crippen molar-refractivity contribution in [2.24, 2.45) is 0 Å². The summed E-state index contributed by atoms with van der Waals surface area (Å²) in [6.07, 6.45) is 2.95. The normalized spacial score (nSPS) is 9.86. The van der Waals surface area contributed by atoms with E-state index in [4.69, 9.17) is 5.26 Å². The second-order valence-corrected chi connectivity index (χ2v) is 5.44. The molecule has 0 bridgehead atoms. The van der Waals surface area contributed by atoms with Gasteiger partial charge in [-0.3, -0.25) is 4.79 Å². The van der Waals surface area contributed by atoms with Crippen LogP contribution in [0.4, 0.5) is 5.69 Å². The van der Waals surface area contributed by atoms with Crippen molar-refractivity contribution < 1.29 is 4.79 Å². The van der Waals surface area contributed by atoms with Crippen LogP contribution in [0.3, 0.4) is 0 Å². The number of hydrogen-bond donors (Lipinski definition) is 1. The quantitative estimate of drug-likeness (QED) is 0.655. The molecule has 0 aliphatic carbocycles. The van der Waals surface area contributed by atoms with E-state index in [1.54, 1.807) is 42.2 Å². The minimum atomic E-state index is -0.0701. The molecule has 4 nitrogen and oxygen atoms in total. The van der Waals surface area contributed by atoms with Gasteiger partial charge >= 0.3 is 0 Å². The van der Waals surface area contributed by atoms with Gasteiger partial charge in [-0.2, -0.15) is 5.26 Å². The first kappa shape index (κ1) is 15.1. The molecule has 1 N–H and O–H groups in total. The van der Waals surface area contributed by atoms with Crippen LogP contribution < -0.4 is 5.32 Å². The monoisotopic (exact) mass is 297 g/mol. The lowest BCUT2D eigenvalue weighted by molar-refractivity contribution is -0.116. The molecule has 1 aromatic heterocycles. The Kier molecular flexibility index (Phi) is 5.80. The molecule has 106 valence electrons. The van der Waals surface area contributed by atoms with Gasteiger partial charge in [0.15, 0.2) is 0 Å². The van der Waals surface area contributed by atoms with E-state index in [2.05, 4.69) is 16.4 Å². The number of anilines is 1. The fraction of sp³-hybridized carbons (Fsp3) is 0.188. The Morgan fingerprint density at radius 2 is 2.05 bits per heavy atom. The van der Waals surface area contributed by atoms with Crippen LogP contribution in [0.1, 0.15) is 18.4 Å². The van der Waals surface area contributed by atoms with Crippen LogP contribution in [0.2, 0.25) is 0 Å². The van der Waals surface area contributed by atoms with E-state index < -0.39 is 0 Å². The average Bonchev–Trinajstić information content (AvgIpc) is 2.53. The molecule has 0 aliphatic rings. The number of aromatic nitrogens is 1. The number of nitriles is 1. The lowest BCUT2D eigenvalue weighted by atomic mass is 10.2. The van der Waals surface area contributed by atoms with Crippen LogP contribution in [0, 0.1) is 11.3 Å². The topological polar surface area (TPSA) is 65.8 Å². The van der Waals surface area contributed by atoms with Crippen molar-refractivity contribution in [2.45, 2.75) is 17.9 Å². The molecule has 0 unspecified atom stereocenters. The van der Waals surface area contributed by atoms with E-state index in [1.807, 2.05) is 18.2 Å². The van der Waals surface area contributed by atoms with Crippen molar-refractivity contribution in [2.75, 3.05) is 11.1 Å². The predicted molar refractivity (Wildman–Crippen MR) is 84.0 cm³/mol. The number of nitrogens with zero attached hydrogens (tertiary/aromatic N) is 2. The van der Waals surface area contributed by atoms with Crippen LogP contribution in [0.5, 0.6) is 0 Å². The first-order chi connectivity index (χ1) is 10.3. The number of nitrogens with one attached hydrogen (secondary N) is 1. The van der Waals surface area contributed by atoms with Crippen molar-refractivity contribution >= 4 is 23.4 Å². The Morgan fingerprint density at radius 1 is 1.24 bits per heavy atom. The number of carbonyl (C=O) groups is 1. The van der Waals surface area contributed by atoms with Crippen LogP contribution in [0.15, 0.2) is 53.7 Å². The number of rotatable bonds is 6. The van der Waals surface area contributed by atoms with Crippen molar-refractivity contribution in [3.63, 3.8) is 0 Å². The summed E-state index contributed by atoms with van der Waals surface area (Å²) in [6.45, 7) is 0. The third-order valence-corrected chi connectivity index (χ3v) is 3.79. The molecule has 0 spiro atoms. The zero-order chi connectivity index (χ0) is 14.9. The van der Waals surface area contributed by atoms with E-state index in [9.17, 15) is 4.79 Å². The maximum Gasteiger partial charge on any atom is 0.224 e. The van der Waals surface area contributed by atoms with E-state index >= 15 is 0 Å². The lowest BCUT2D eigenvalue weighted by Crippen LogP contribution is -2.12. The summed E-state index contributed by atoms with van der Waals surface area (Å²) in [6, 6.07) is 14.8. The van der Waals surface area contributed by atoms with Crippen LogP contribution in [0.25, 0.3) is 0 Å². The fourth-order valence-electron chi connectivity index (χ4n) is 1.74. The minimum Gasteiger partial charge on any atom is -0.325 e. The summed E-state index contributed by atoms with van der Waals surface area (Å²) in [5, 5.41) is 12.7. The summed E-state index contributed by atoms with van der Waals surface area (Å²) in [5.41, 5.74) is 1.05. The van der Waals surface area contributed by atoms with Gasteiger partial charge in [0.05, 0.1) is 16.3 Å². The summed E-state index contributed by atoms with van der Waals surface area (Å²) >= 11 is 1.63. The number of para-hydroxylation sites is 1. The van der Waals surface area contributed by atoms with Gasteiger partial charge in [0.1, 0.15) is 6.07 Å². The number of hydrogen-bond acceptors (Lipinski definition) is 4. The molecular formula is C16H15N3OS. The number of carbonyl (C=O) groups excluding carboxylic acids is 1. The number of thioether (sulfide) groups is 1. The summed E-state index contributed by atoms with van der Waals surface area (Å²) in [5.74, 6) is 0.768. The first-order valence-electron chi connectivity index (χ1n) is 6.62.